The van der Waals surface area contributed by atoms with Crippen LogP contribution in [-0.4, -0.2) is 12.5 Å². The Hall–Kier alpha value is -1.58. The van der Waals surface area contributed by atoms with E-state index >= 15 is 0 Å². The van der Waals surface area contributed by atoms with Crippen molar-refractivity contribution in [2.45, 2.75) is 6.92 Å². The first kappa shape index (κ1) is 9.51. The average molecular weight is 183 g/mol. The topological polar surface area (TPSA) is 52.3 Å². The van der Waals surface area contributed by atoms with Gasteiger partial charge in [0, 0.05) is 11.6 Å². The average Bonchev–Trinajstić information content (AvgIpc) is 2.03. The molecule has 4 heteroatoms. The molecule has 13 heavy (non-hydrogen) atoms. The lowest BCUT2D eigenvalue weighted by molar-refractivity contribution is 0.0999. The molecule has 0 heterocycles. The van der Waals surface area contributed by atoms with Gasteiger partial charge in [0.15, 0.2) is 0 Å². The number of rotatable bonds is 3. The molecule has 0 aliphatic heterocycles. The van der Waals surface area contributed by atoms with Crippen LogP contribution in [0.25, 0.3) is 0 Å². The van der Waals surface area contributed by atoms with Crippen molar-refractivity contribution >= 4 is 5.91 Å². The second-order valence-corrected chi connectivity index (χ2v) is 2.47. The molecular weight excluding hydrogens is 173 g/mol. The molecule has 1 amide bonds. The summed E-state index contributed by atoms with van der Waals surface area (Å²) in [4.78, 5) is 10.7. The summed E-state index contributed by atoms with van der Waals surface area (Å²) in [5, 5.41) is 0. The minimum absolute atomic E-state index is 0.114. The van der Waals surface area contributed by atoms with Gasteiger partial charge in [-0.1, -0.05) is 0 Å². The zero-order valence-corrected chi connectivity index (χ0v) is 7.21. The fourth-order valence-electron chi connectivity index (χ4n) is 0.955. The predicted molar refractivity (Wildman–Crippen MR) is 46.1 cm³/mol. The summed E-state index contributed by atoms with van der Waals surface area (Å²) in [5.41, 5.74) is 5.10. The van der Waals surface area contributed by atoms with E-state index < -0.39 is 11.7 Å². The van der Waals surface area contributed by atoms with E-state index in [2.05, 4.69) is 0 Å². The van der Waals surface area contributed by atoms with Crippen LogP contribution in [0.5, 0.6) is 5.75 Å². The highest BCUT2D eigenvalue weighted by Gasteiger charge is 2.05. The molecular formula is C9H10FNO2. The molecule has 0 aliphatic carbocycles. The third-order valence-corrected chi connectivity index (χ3v) is 1.47. The van der Waals surface area contributed by atoms with Gasteiger partial charge in [-0.2, -0.15) is 0 Å². The maximum Gasteiger partial charge on any atom is 0.248 e. The molecule has 0 aromatic heterocycles. The Morgan fingerprint density at radius 1 is 1.54 bits per heavy atom. The molecule has 1 aromatic carbocycles. The van der Waals surface area contributed by atoms with Crippen molar-refractivity contribution in [3.8, 4) is 5.75 Å². The van der Waals surface area contributed by atoms with Crippen molar-refractivity contribution in [3.63, 3.8) is 0 Å². The van der Waals surface area contributed by atoms with Crippen LogP contribution in [0.3, 0.4) is 0 Å². The molecule has 0 unspecified atom stereocenters. The number of benzene rings is 1. The number of primary amides is 1. The molecule has 0 saturated heterocycles. The van der Waals surface area contributed by atoms with E-state index in [9.17, 15) is 9.18 Å². The standard InChI is InChI=1S/C9H10FNO2/c1-2-13-8-4-6(9(11)12)3-7(10)5-8/h3-5H,2H2,1H3,(H2,11,12). The van der Waals surface area contributed by atoms with Crippen LogP contribution in [0.4, 0.5) is 4.39 Å². The lowest BCUT2D eigenvalue weighted by Gasteiger charge is -2.04. The minimum Gasteiger partial charge on any atom is -0.494 e. The molecule has 0 radical (unpaired) electrons. The lowest BCUT2D eigenvalue weighted by atomic mass is 10.2. The van der Waals surface area contributed by atoms with Crippen molar-refractivity contribution in [1.82, 2.24) is 0 Å². The third-order valence-electron chi connectivity index (χ3n) is 1.47. The smallest absolute Gasteiger partial charge is 0.248 e. The van der Waals surface area contributed by atoms with E-state index in [4.69, 9.17) is 10.5 Å². The Labute approximate surface area is 75.3 Å². The summed E-state index contributed by atoms with van der Waals surface area (Å²) in [6.07, 6.45) is 0. The number of amides is 1. The monoisotopic (exact) mass is 183 g/mol. The number of nitrogens with two attached hydrogens (primary N) is 1. The van der Waals surface area contributed by atoms with E-state index in [1.807, 2.05) is 0 Å². The number of carbonyl (C=O) groups is 1. The quantitative estimate of drug-likeness (QED) is 0.768. The number of hydrogen-bond donors (Lipinski definition) is 1. The number of halogens is 1. The largest absolute Gasteiger partial charge is 0.494 e. The number of hydrogen-bond acceptors (Lipinski definition) is 2. The highest BCUT2D eigenvalue weighted by Crippen LogP contribution is 2.15. The maximum atomic E-state index is 12.8. The molecule has 0 spiro atoms. The summed E-state index contributed by atoms with van der Waals surface area (Å²) in [6, 6.07) is 3.69. The van der Waals surface area contributed by atoms with Crippen LogP contribution < -0.4 is 10.5 Å². The number of ether oxygens (including phenoxy) is 1. The minimum atomic E-state index is -0.666. The first-order valence-electron chi connectivity index (χ1n) is 3.86. The SMILES string of the molecule is CCOc1cc(F)cc(C(N)=O)c1. The predicted octanol–water partition coefficient (Wildman–Crippen LogP) is 1.32. The van der Waals surface area contributed by atoms with Gasteiger partial charge in [0.1, 0.15) is 11.6 Å². The van der Waals surface area contributed by atoms with Gasteiger partial charge in [0.05, 0.1) is 6.61 Å². The second-order valence-electron chi connectivity index (χ2n) is 2.47. The van der Waals surface area contributed by atoms with Crippen LogP contribution in [0.2, 0.25) is 0 Å². The third kappa shape index (κ3) is 2.43. The highest BCUT2D eigenvalue weighted by molar-refractivity contribution is 5.93. The normalized spacial score (nSPS) is 9.69. The van der Waals surface area contributed by atoms with Gasteiger partial charge >= 0.3 is 0 Å². The molecule has 70 valence electrons. The summed E-state index contributed by atoms with van der Waals surface area (Å²) in [7, 11) is 0. The highest BCUT2D eigenvalue weighted by atomic mass is 19.1. The van der Waals surface area contributed by atoms with Crippen LogP contribution in [0.1, 0.15) is 17.3 Å². The first-order valence-corrected chi connectivity index (χ1v) is 3.86. The van der Waals surface area contributed by atoms with E-state index in [0.29, 0.717) is 12.4 Å². The van der Waals surface area contributed by atoms with Crippen LogP contribution in [-0.2, 0) is 0 Å². The summed E-state index contributed by atoms with van der Waals surface area (Å²) in [6.45, 7) is 2.19. The van der Waals surface area contributed by atoms with Crippen molar-refractivity contribution in [1.29, 1.82) is 0 Å². The van der Waals surface area contributed by atoms with E-state index in [-0.39, 0.29) is 5.56 Å². The Kier molecular flexibility index (Phi) is 2.84. The van der Waals surface area contributed by atoms with Crippen molar-refractivity contribution in [2.24, 2.45) is 5.73 Å². The van der Waals surface area contributed by atoms with Crippen molar-refractivity contribution in [2.75, 3.05) is 6.61 Å². The molecule has 3 nitrogen and oxygen atoms in total. The molecule has 0 fully saturated rings. The van der Waals surface area contributed by atoms with Gasteiger partial charge in [0.25, 0.3) is 0 Å². The van der Waals surface area contributed by atoms with E-state index in [1.165, 1.54) is 12.1 Å². The Morgan fingerprint density at radius 2 is 2.23 bits per heavy atom. The number of carbonyl (C=O) groups excluding carboxylic acids is 1. The first-order chi connectivity index (χ1) is 6.13. The molecule has 0 atom stereocenters. The summed E-state index contributed by atoms with van der Waals surface area (Å²) in [5.74, 6) is -0.878. The van der Waals surface area contributed by atoms with Crippen molar-refractivity contribution < 1.29 is 13.9 Å². The summed E-state index contributed by atoms with van der Waals surface area (Å²) >= 11 is 0. The molecule has 0 saturated carbocycles. The van der Waals surface area contributed by atoms with Gasteiger partial charge in [-0.3, -0.25) is 4.79 Å². The molecule has 0 bridgehead atoms. The zero-order valence-electron chi connectivity index (χ0n) is 7.21. The second kappa shape index (κ2) is 3.89. The van der Waals surface area contributed by atoms with Gasteiger partial charge < -0.3 is 10.5 Å². The molecule has 0 aliphatic rings. The Morgan fingerprint density at radius 3 is 2.77 bits per heavy atom. The van der Waals surface area contributed by atoms with Crippen LogP contribution >= 0.6 is 0 Å². The zero-order chi connectivity index (χ0) is 9.84. The fourth-order valence-corrected chi connectivity index (χ4v) is 0.955. The molecule has 2 N–H and O–H groups in total. The van der Waals surface area contributed by atoms with Crippen molar-refractivity contribution in [3.05, 3.63) is 29.6 Å². The maximum absolute atomic E-state index is 12.8. The Bertz CT molecular complexity index is 325. The molecule has 1 aromatic rings. The van der Waals surface area contributed by atoms with Gasteiger partial charge in [0.2, 0.25) is 5.91 Å². The molecule has 1 rings (SSSR count). The van der Waals surface area contributed by atoms with Crippen LogP contribution in [0, 0.1) is 5.82 Å². The Balaban J connectivity index is 3.03. The van der Waals surface area contributed by atoms with Gasteiger partial charge in [-0.05, 0) is 19.1 Å². The summed E-state index contributed by atoms with van der Waals surface area (Å²) < 4.78 is 17.9. The van der Waals surface area contributed by atoms with Crippen LogP contribution in [0.15, 0.2) is 18.2 Å². The van der Waals surface area contributed by atoms with Gasteiger partial charge in [-0.15, -0.1) is 0 Å². The van der Waals surface area contributed by atoms with E-state index in [0.717, 1.165) is 6.07 Å². The fraction of sp³-hybridized carbons (Fsp3) is 0.222. The lowest BCUT2D eigenvalue weighted by Crippen LogP contribution is -2.11. The van der Waals surface area contributed by atoms with Gasteiger partial charge in [-0.25, -0.2) is 4.39 Å². The van der Waals surface area contributed by atoms with E-state index in [1.54, 1.807) is 6.92 Å².